The van der Waals surface area contributed by atoms with E-state index in [0.717, 1.165) is 4.68 Å². The summed E-state index contributed by atoms with van der Waals surface area (Å²) in [5, 5.41) is 33.7. The van der Waals surface area contributed by atoms with Crippen LogP contribution in [0.1, 0.15) is 11.4 Å². The molecule has 0 saturated heterocycles. The second kappa shape index (κ2) is 5.17. The number of hydrogen-bond donors (Lipinski definition) is 2. The molecule has 9 heteroatoms. The summed E-state index contributed by atoms with van der Waals surface area (Å²) >= 11 is 17.0. The highest BCUT2D eigenvalue weighted by atomic mass is 35.6. The Balaban J connectivity index is 3.12. The van der Waals surface area contributed by atoms with Crippen LogP contribution in [0.3, 0.4) is 0 Å². The summed E-state index contributed by atoms with van der Waals surface area (Å²) < 4.78 is -0.795. The molecule has 6 nitrogen and oxygen atoms in total. The molecule has 1 unspecified atom stereocenters. The molecule has 1 rings (SSSR count). The van der Waals surface area contributed by atoms with Crippen molar-refractivity contribution < 1.29 is 10.2 Å². The number of aliphatic hydroxyl groups is 2. The molecule has 0 saturated carbocycles. The standard InChI is InChI=1S/C7H7Cl3N4O2/c8-7(9,10)6-5(1-11)12-13-14(6)2-4(16)3-15/h4,15-16H,2-3H2. The number of nitrogens with zero attached hydrogens (tertiary/aromatic N) is 4. The molecular formula is C7H7Cl3N4O2. The summed E-state index contributed by atoms with van der Waals surface area (Å²) in [4.78, 5) is 0. The van der Waals surface area contributed by atoms with Crippen LogP contribution in [0.4, 0.5) is 0 Å². The van der Waals surface area contributed by atoms with Gasteiger partial charge in [-0.2, -0.15) is 5.26 Å². The van der Waals surface area contributed by atoms with Crippen LogP contribution < -0.4 is 0 Å². The van der Waals surface area contributed by atoms with Gasteiger partial charge in [0.15, 0.2) is 5.69 Å². The minimum absolute atomic E-state index is 0.0347. The van der Waals surface area contributed by atoms with Crippen molar-refractivity contribution in [3.63, 3.8) is 0 Å². The van der Waals surface area contributed by atoms with Crippen LogP contribution in [-0.2, 0) is 10.3 Å². The lowest BCUT2D eigenvalue weighted by Gasteiger charge is -2.14. The minimum Gasteiger partial charge on any atom is -0.394 e. The SMILES string of the molecule is N#Cc1nnn(CC(O)CO)c1C(Cl)(Cl)Cl. The van der Waals surface area contributed by atoms with E-state index in [2.05, 4.69) is 10.3 Å². The maximum atomic E-state index is 9.23. The van der Waals surface area contributed by atoms with Crippen molar-refractivity contribution in [3.8, 4) is 6.07 Å². The monoisotopic (exact) mass is 284 g/mol. The Morgan fingerprint density at radius 3 is 2.56 bits per heavy atom. The van der Waals surface area contributed by atoms with Gasteiger partial charge in [-0.05, 0) is 0 Å². The largest absolute Gasteiger partial charge is 0.394 e. The summed E-state index contributed by atoms with van der Waals surface area (Å²) in [6.07, 6.45) is -1.07. The van der Waals surface area contributed by atoms with E-state index in [-0.39, 0.29) is 17.9 Å². The zero-order chi connectivity index (χ0) is 12.3. The number of aromatic nitrogens is 3. The lowest BCUT2D eigenvalue weighted by Crippen LogP contribution is -2.24. The lowest BCUT2D eigenvalue weighted by atomic mass is 10.3. The van der Waals surface area contributed by atoms with Crippen molar-refractivity contribution in [1.82, 2.24) is 15.0 Å². The van der Waals surface area contributed by atoms with E-state index in [9.17, 15) is 5.11 Å². The highest BCUT2D eigenvalue weighted by Gasteiger charge is 2.33. The van der Waals surface area contributed by atoms with Crippen molar-refractivity contribution in [3.05, 3.63) is 11.4 Å². The van der Waals surface area contributed by atoms with Gasteiger partial charge < -0.3 is 10.2 Å². The number of alkyl halides is 3. The number of aliphatic hydroxyl groups excluding tert-OH is 2. The van der Waals surface area contributed by atoms with Gasteiger partial charge in [-0.15, -0.1) is 5.10 Å². The second-order valence-electron chi connectivity index (χ2n) is 2.91. The van der Waals surface area contributed by atoms with E-state index < -0.39 is 16.5 Å². The summed E-state index contributed by atoms with van der Waals surface area (Å²) in [7, 11) is 0. The predicted molar refractivity (Wildman–Crippen MR) is 57.1 cm³/mol. The fourth-order valence-corrected chi connectivity index (χ4v) is 1.62. The Hall–Kier alpha value is -0.580. The molecule has 1 heterocycles. The van der Waals surface area contributed by atoms with Crippen LogP contribution >= 0.6 is 34.8 Å². The first-order valence-corrected chi connectivity index (χ1v) is 5.23. The molecule has 0 aliphatic rings. The summed E-state index contributed by atoms with van der Waals surface area (Å²) in [6.45, 7) is -0.588. The summed E-state index contributed by atoms with van der Waals surface area (Å²) in [6, 6.07) is 1.72. The number of rotatable bonds is 3. The molecule has 88 valence electrons. The molecule has 2 N–H and O–H groups in total. The second-order valence-corrected chi connectivity index (χ2v) is 5.20. The first-order chi connectivity index (χ1) is 7.40. The van der Waals surface area contributed by atoms with Gasteiger partial charge in [0.25, 0.3) is 0 Å². The van der Waals surface area contributed by atoms with Crippen LogP contribution in [0, 0.1) is 11.3 Å². The molecule has 1 aromatic heterocycles. The van der Waals surface area contributed by atoms with E-state index in [1.807, 2.05) is 0 Å². The van der Waals surface area contributed by atoms with E-state index in [4.69, 9.17) is 45.2 Å². The van der Waals surface area contributed by atoms with Crippen molar-refractivity contribution in [2.24, 2.45) is 0 Å². The van der Waals surface area contributed by atoms with Crippen LogP contribution in [0.2, 0.25) is 0 Å². The van der Waals surface area contributed by atoms with Crippen molar-refractivity contribution >= 4 is 34.8 Å². The van der Waals surface area contributed by atoms with Gasteiger partial charge in [0.1, 0.15) is 11.8 Å². The van der Waals surface area contributed by atoms with Gasteiger partial charge in [0, 0.05) is 0 Å². The minimum atomic E-state index is -1.87. The van der Waals surface area contributed by atoms with E-state index in [1.54, 1.807) is 6.07 Å². The smallest absolute Gasteiger partial charge is 0.235 e. The Bertz CT molecular complexity index is 409. The van der Waals surface area contributed by atoms with Gasteiger partial charge in [0.05, 0.1) is 19.3 Å². The number of nitriles is 1. The quantitative estimate of drug-likeness (QED) is 0.780. The van der Waals surface area contributed by atoms with Gasteiger partial charge in [0.2, 0.25) is 3.79 Å². The average Bonchev–Trinajstić information content (AvgIpc) is 2.60. The first-order valence-electron chi connectivity index (χ1n) is 4.09. The van der Waals surface area contributed by atoms with E-state index >= 15 is 0 Å². The number of hydrogen-bond acceptors (Lipinski definition) is 5. The van der Waals surface area contributed by atoms with Crippen molar-refractivity contribution in [1.29, 1.82) is 5.26 Å². The predicted octanol–water partition coefficient (Wildman–Crippen LogP) is 0.330. The average molecular weight is 286 g/mol. The molecule has 16 heavy (non-hydrogen) atoms. The van der Waals surface area contributed by atoms with Crippen LogP contribution in [0.15, 0.2) is 0 Å². The Morgan fingerprint density at radius 2 is 2.12 bits per heavy atom. The van der Waals surface area contributed by atoms with Gasteiger partial charge in [-0.25, -0.2) is 4.68 Å². The van der Waals surface area contributed by atoms with Crippen LogP contribution in [0.25, 0.3) is 0 Å². The lowest BCUT2D eigenvalue weighted by molar-refractivity contribution is 0.0771. The summed E-state index contributed by atoms with van der Waals surface area (Å²) in [5.41, 5.74) is -0.169. The van der Waals surface area contributed by atoms with E-state index in [0.29, 0.717) is 0 Å². The molecule has 0 radical (unpaired) electrons. The fraction of sp³-hybridized carbons (Fsp3) is 0.571. The highest BCUT2D eigenvalue weighted by molar-refractivity contribution is 6.66. The molecule has 0 bridgehead atoms. The normalized spacial score (nSPS) is 13.5. The molecule has 0 aliphatic carbocycles. The zero-order valence-electron chi connectivity index (χ0n) is 7.81. The van der Waals surface area contributed by atoms with Crippen LogP contribution in [0.5, 0.6) is 0 Å². The van der Waals surface area contributed by atoms with Crippen LogP contribution in [-0.4, -0.2) is 37.9 Å². The zero-order valence-corrected chi connectivity index (χ0v) is 10.1. The topological polar surface area (TPSA) is 95.0 Å². The molecular weight excluding hydrogens is 278 g/mol. The Kier molecular flexibility index (Phi) is 4.35. The van der Waals surface area contributed by atoms with Gasteiger partial charge in [-0.1, -0.05) is 40.0 Å². The third kappa shape index (κ3) is 2.97. The molecule has 0 aliphatic heterocycles. The molecule has 0 aromatic carbocycles. The molecule has 0 amide bonds. The summed E-state index contributed by atoms with van der Waals surface area (Å²) in [5.74, 6) is 0. The molecule has 0 spiro atoms. The van der Waals surface area contributed by atoms with Gasteiger partial charge >= 0.3 is 0 Å². The third-order valence-electron chi connectivity index (χ3n) is 1.70. The maximum Gasteiger partial charge on any atom is 0.235 e. The molecule has 1 aromatic rings. The van der Waals surface area contributed by atoms with Gasteiger partial charge in [-0.3, -0.25) is 0 Å². The Labute approximate surface area is 106 Å². The number of halogens is 3. The molecule has 1 atom stereocenters. The van der Waals surface area contributed by atoms with E-state index in [1.165, 1.54) is 0 Å². The first kappa shape index (κ1) is 13.5. The Morgan fingerprint density at radius 1 is 1.50 bits per heavy atom. The molecule has 0 fully saturated rings. The maximum absolute atomic E-state index is 9.23. The fourth-order valence-electron chi connectivity index (χ4n) is 1.05. The highest BCUT2D eigenvalue weighted by Crippen LogP contribution is 2.39. The third-order valence-corrected chi connectivity index (χ3v) is 2.24. The van der Waals surface area contributed by atoms with Crippen molar-refractivity contribution in [2.45, 2.75) is 16.4 Å². The van der Waals surface area contributed by atoms with Crippen molar-refractivity contribution in [2.75, 3.05) is 6.61 Å².